The van der Waals surface area contributed by atoms with E-state index in [2.05, 4.69) is 66.6 Å². The van der Waals surface area contributed by atoms with Crippen molar-refractivity contribution in [1.29, 1.82) is 0 Å². The summed E-state index contributed by atoms with van der Waals surface area (Å²) < 4.78 is 0. The molecule has 1 heterocycles. The summed E-state index contributed by atoms with van der Waals surface area (Å²) >= 11 is 0. The fourth-order valence-corrected chi connectivity index (χ4v) is 2.68. The highest BCUT2D eigenvalue weighted by atomic mass is 15.1. The molecule has 3 nitrogen and oxygen atoms in total. The van der Waals surface area contributed by atoms with E-state index in [-0.39, 0.29) is 5.54 Å². The van der Waals surface area contributed by atoms with E-state index < -0.39 is 0 Å². The van der Waals surface area contributed by atoms with Crippen LogP contribution in [0.3, 0.4) is 0 Å². The quantitative estimate of drug-likeness (QED) is 0.844. The van der Waals surface area contributed by atoms with Gasteiger partial charge in [-0.15, -0.1) is 0 Å². The van der Waals surface area contributed by atoms with Crippen molar-refractivity contribution in [2.45, 2.75) is 18.9 Å². The lowest BCUT2D eigenvalue weighted by Crippen LogP contribution is -2.44. The van der Waals surface area contributed by atoms with E-state index in [1.807, 2.05) is 7.05 Å². The van der Waals surface area contributed by atoms with Crippen LogP contribution in [0, 0.1) is 0 Å². The van der Waals surface area contributed by atoms with Gasteiger partial charge < -0.3 is 15.2 Å². The highest BCUT2D eigenvalue weighted by Gasteiger charge is 2.20. The molecule has 100 valence electrons. The van der Waals surface area contributed by atoms with Gasteiger partial charge in [0.05, 0.1) is 0 Å². The van der Waals surface area contributed by atoms with Gasteiger partial charge in [0, 0.05) is 46.8 Å². The van der Waals surface area contributed by atoms with Gasteiger partial charge in [0.2, 0.25) is 0 Å². The minimum atomic E-state index is 0.0518. The Morgan fingerprint density at radius 3 is 2.79 bits per heavy atom. The molecule has 1 aliphatic rings. The first-order valence-corrected chi connectivity index (χ1v) is 6.73. The Morgan fingerprint density at radius 1 is 1.32 bits per heavy atom. The van der Waals surface area contributed by atoms with Gasteiger partial charge in [-0.25, -0.2) is 0 Å². The number of hydrogen-bond donors (Lipinski definition) is 2. The molecule has 1 atom stereocenters. The maximum Gasteiger partial charge on any atom is 0.0466 e. The Bertz CT molecular complexity index is 739. The molecule has 3 heteroatoms. The van der Waals surface area contributed by atoms with Gasteiger partial charge in [-0.1, -0.05) is 12.2 Å². The Morgan fingerprint density at radius 2 is 2.11 bits per heavy atom. The third-order valence-corrected chi connectivity index (χ3v) is 4.13. The van der Waals surface area contributed by atoms with Crippen LogP contribution in [-0.2, 0) is 0 Å². The van der Waals surface area contributed by atoms with Crippen molar-refractivity contribution in [3.8, 4) is 0 Å². The van der Waals surface area contributed by atoms with Gasteiger partial charge in [0.1, 0.15) is 0 Å². The maximum atomic E-state index is 3.51. The zero-order valence-electron chi connectivity index (χ0n) is 12.0. The van der Waals surface area contributed by atoms with E-state index >= 15 is 0 Å². The summed E-state index contributed by atoms with van der Waals surface area (Å²) in [4.78, 5) is 5.65. The Hall–Kier alpha value is -1.74. The van der Waals surface area contributed by atoms with Crippen LogP contribution < -0.4 is 20.8 Å². The first-order valence-electron chi connectivity index (χ1n) is 6.73. The summed E-state index contributed by atoms with van der Waals surface area (Å²) in [5, 5.41) is 7.28. The van der Waals surface area contributed by atoms with Crippen LogP contribution in [0.5, 0.6) is 0 Å². The van der Waals surface area contributed by atoms with Crippen LogP contribution in [-0.4, -0.2) is 31.7 Å². The molecule has 1 aliphatic carbocycles. The standard InChI is InChI=1S/C16H21N3/c1-16(17-2)8-7-15-13(10-16)12-9-11(19(3)4)5-6-14(12)18-15/h5-7,9-10,17-18H,8H2,1-4H3. The number of nitrogens with one attached hydrogen (secondary N) is 2. The molecule has 0 saturated heterocycles. The van der Waals surface area contributed by atoms with Crippen molar-refractivity contribution in [1.82, 2.24) is 10.3 Å². The lowest BCUT2D eigenvalue weighted by molar-refractivity contribution is 0.521. The lowest BCUT2D eigenvalue weighted by atomic mass is 9.92. The van der Waals surface area contributed by atoms with Crippen molar-refractivity contribution in [3.05, 3.63) is 28.8 Å². The molecule has 0 bridgehead atoms. The fourth-order valence-electron chi connectivity index (χ4n) is 2.68. The van der Waals surface area contributed by atoms with Crippen molar-refractivity contribution in [2.75, 3.05) is 26.0 Å². The summed E-state index contributed by atoms with van der Waals surface area (Å²) in [6.45, 7) is 2.24. The first-order chi connectivity index (χ1) is 9.02. The smallest absolute Gasteiger partial charge is 0.0466 e. The average Bonchev–Trinajstić information content (AvgIpc) is 2.75. The zero-order chi connectivity index (χ0) is 13.6. The number of hydrogen-bond acceptors (Lipinski definition) is 2. The number of aromatic amines is 1. The molecule has 0 amide bonds. The van der Waals surface area contributed by atoms with E-state index in [0.717, 1.165) is 6.42 Å². The summed E-state index contributed by atoms with van der Waals surface area (Å²) in [5.41, 5.74) is 2.50. The number of aromatic nitrogens is 1. The molecule has 2 N–H and O–H groups in total. The molecule has 3 rings (SSSR count). The first kappa shape index (κ1) is 12.3. The Labute approximate surface area is 113 Å². The van der Waals surface area contributed by atoms with Gasteiger partial charge in [0.25, 0.3) is 0 Å². The molecular weight excluding hydrogens is 234 g/mol. The van der Waals surface area contributed by atoms with Crippen LogP contribution in [0.2, 0.25) is 0 Å². The molecule has 2 aromatic rings. The number of fused-ring (bicyclic) bond motifs is 3. The minimum Gasteiger partial charge on any atom is -0.378 e. The molecule has 0 radical (unpaired) electrons. The van der Waals surface area contributed by atoms with Crippen LogP contribution in [0.15, 0.2) is 18.2 Å². The summed E-state index contributed by atoms with van der Waals surface area (Å²) in [6.07, 6.45) is 5.66. The number of anilines is 1. The largest absolute Gasteiger partial charge is 0.378 e. The van der Waals surface area contributed by atoms with Crippen LogP contribution in [0.4, 0.5) is 5.69 Å². The van der Waals surface area contributed by atoms with Gasteiger partial charge in [-0.05, 0) is 38.6 Å². The van der Waals surface area contributed by atoms with E-state index in [4.69, 9.17) is 0 Å². The normalized spacial score (nSPS) is 21.7. The molecule has 1 unspecified atom stereocenters. The monoisotopic (exact) mass is 255 g/mol. The van der Waals surface area contributed by atoms with Gasteiger partial charge >= 0.3 is 0 Å². The van der Waals surface area contributed by atoms with Crippen molar-refractivity contribution < 1.29 is 0 Å². The molecule has 0 aliphatic heterocycles. The number of H-pyrrole nitrogens is 1. The van der Waals surface area contributed by atoms with E-state index in [0.29, 0.717) is 0 Å². The molecule has 19 heavy (non-hydrogen) atoms. The third-order valence-electron chi connectivity index (χ3n) is 4.13. The fraction of sp³-hybridized carbons (Fsp3) is 0.375. The predicted molar refractivity (Wildman–Crippen MR) is 82.9 cm³/mol. The van der Waals surface area contributed by atoms with E-state index in [1.54, 1.807) is 0 Å². The Balaban J connectivity index is 2.33. The summed E-state index contributed by atoms with van der Waals surface area (Å²) in [6, 6.07) is 6.58. The molecule has 1 aromatic heterocycles. The zero-order valence-corrected chi connectivity index (χ0v) is 12.0. The van der Waals surface area contributed by atoms with Crippen molar-refractivity contribution in [3.63, 3.8) is 0 Å². The number of benzene rings is 1. The molecule has 1 aromatic carbocycles. The van der Waals surface area contributed by atoms with Crippen molar-refractivity contribution in [2.24, 2.45) is 0 Å². The molecular formula is C16H21N3. The number of nitrogens with zero attached hydrogens (tertiary/aromatic N) is 1. The van der Waals surface area contributed by atoms with Crippen LogP contribution in [0.1, 0.15) is 13.3 Å². The van der Waals surface area contributed by atoms with Crippen molar-refractivity contribution >= 4 is 28.7 Å². The minimum absolute atomic E-state index is 0.0518. The van der Waals surface area contributed by atoms with E-state index in [1.165, 1.54) is 27.2 Å². The highest BCUT2D eigenvalue weighted by Crippen LogP contribution is 2.19. The maximum absolute atomic E-state index is 3.51. The van der Waals surface area contributed by atoms with Gasteiger partial charge in [0.15, 0.2) is 0 Å². The van der Waals surface area contributed by atoms with Crippen LogP contribution >= 0.6 is 0 Å². The summed E-state index contributed by atoms with van der Waals surface area (Å²) in [5.74, 6) is 0. The topological polar surface area (TPSA) is 31.1 Å². The lowest BCUT2D eigenvalue weighted by Gasteiger charge is -2.25. The average molecular weight is 255 g/mol. The molecule has 0 saturated carbocycles. The second-order valence-electron chi connectivity index (χ2n) is 5.80. The SMILES string of the molecule is CNC1(C)C=c2c([nH]c3ccc(N(C)C)cc23)=CC1. The Kier molecular flexibility index (Phi) is 2.68. The summed E-state index contributed by atoms with van der Waals surface area (Å²) in [7, 11) is 6.18. The predicted octanol–water partition coefficient (Wildman–Crippen LogP) is 1.18. The van der Waals surface area contributed by atoms with Crippen LogP contribution in [0.25, 0.3) is 23.1 Å². The molecule has 0 spiro atoms. The number of rotatable bonds is 2. The third kappa shape index (κ3) is 1.94. The molecule has 0 fully saturated rings. The second kappa shape index (κ2) is 4.14. The van der Waals surface area contributed by atoms with Gasteiger partial charge in [-0.2, -0.15) is 0 Å². The van der Waals surface area contributed by atoms with E-state index in [9.17, 15) is 0 Å². The van der Waals surface area contributed by atoms with Gasteiger partial charge in [-0.3, -0.25) is 0 Å². The second-order valence-corrected chi connectivity index (χ2v) is 5.80. The highest BCUT2D eigenvalue weighted by molar-refractivity contribution is 5.85.